The summed E-state index contributed by atoms with van der Waals surface area (Å²) in [5, 5.41) is 12.3. The molecule has 1 rings (SSSR count). The first kappa shape index (κ1) is 13.7. The van der Waals surface area contributed by atoms with Gasteiger partial charge in [-0.15, -0.1) is 0 Å². The number of amides is 1. The molecule has 0 aliphatic heterocycles. The zero-order valence-corrected chi connectivity index (χ0v) is 11.0. The molecule has 1 aromatic rings. The summed E-state index contributed by atoms with van der Waals surface area (Å²) in [6, 6.07) is 0.158. The van der Waals surface area contributed by atoms with Crippen molar-refractivity contribution in [2.24, 2.45) is 0 Å². The van der Waals surface area contributed by atoms with Gasteiger partial charge in [0.1, 0.15) is 10.6 Å². The number of rotatable bonds is 5. The van der Waals surface area contributed by atoms with Gasteiger partial charge in [0.2, 0.25) is 0 Å². The smallest absolute Gasteiger partial charge is 0.257 e. The van der Waals surface area contributed by atoms with Crippen molar-refractivity contribution < 1.29 is 9.90 Å². The summed E-state index contributed by atoms with van der Waals surface area (Å²) in [6.45, 7) is 4.44. The molecule has 1 heterocycles. The molecule has 0 unspecified atom stereocenters. The van der Waals surface area contributed by atoms with E-state index in [0.717, 1.165) is 0 Å². The van der Waals surface area contributed by atoms with Gasteiger partial charge in [0, 0.05) is 19.6 Å². The Labute approximate surface area is 105 Å². The SMILES string of the molecule is CNC(=O)c1c(N)nsc1N(CCO)C(C)C. The van der Waals surface area contributed by atoms with Crippen LogP contribution in [0.4, 0.5) is 10.8 Å². The molecule has 0 bridgehead atoms. The van der Waals surface area contributed by atoms with E-state index in [1.807, 2.05) is 18.7 Å². The van der Waals surface area contributed by atoms with Crippen molar-refractivity contribution in [1.82, 2.24) is 9.69 Å². The van der Waals surface area contributed by atoms with E-state index < -0.39 is 0 Å². The molecule has 0 aliphatic rings. The first-order valence-electron chi connectivity index (χ1n) is 5.37. The lowest BCUT2D eigenvalue weighted by Gasteiger charge is -2.26. The molecule has 0 aliphatic carbocycles. The van der Waals surface area contributed by atoms with E-state index in [1.165, 1.54) is 11.5 Å². The summed E-state index contributed by atoms with van der Waals surface area (Å²) in [5.41, 5.74) is 6.09. The third-order valence-corrected chi connectivity index (χ3v) is 3.28. The van der Waals surface area contributed by atoms with Crippen LogP contribution in [0.15, 0.2) is 0 Å². The van der Waals surface area contributed by atoms with Gasteiger partial charge in [0.25, 0.3) is 5.91 Å². The van der Waals surface area contributed by atoms with Gasteiger partial charge in [0.05, 0.1) is 6.61 Å². The Kier molecular flexibility index (Phi) is 4.71. The maximum atomic E-state index is 11.7. The molecule has 0 atom stereocenters. The fraction of sp³-hybridized carbons (Fsp3) is 0.600. The Morgan fingerprint density at radius 1 is 1.65 bits per heavy atom. The number of aliphatic hydroxyl groups excluding tert-OH is 1. The van der Waals surface area contributed by atoms with Crippen LogP contribution < -0.4 is 16.0 Å². The van der Waals surface area contributed by atoms with Gasteiger partial charge in [-0.2, -0.15) is 4.37 Å². The number of carbonyl (C=O) groups is 1. The lowest BCUT2D eigenvalue weighted by molar-refractivity contribution is 0.0964. The highest BCUT2D eigenvalue weighted by molar-refractivity contribution is 7.11. The second-order valence-corrected chi connectivity index (χ2v) is 4.59. The maximum Gasteiger partial charge on any atom is 0.257 e. The zero-order valence-electron chi connectivity index (χ0n) is 10.2. The summed E-state index contributed by atoms with van der Waals surface area (Å²) >= 11 is 1.18. The van der Waals surface area contributed by atoms with E-state index >= 15 is 0 Å². The molecule has 1 aromatic heterocycles. The molecule has 0 radical (unpaired) electrons. The molecule has 0 fully saturated rings. The predicted molar refractivity (Wildman–Crippen MR) is 69.5 cm³/mol. The van der Waals surface area contributed by atoms with Crippen LogP contribution in [-0.2, 0) is 0 Å². The van der Waals surface area contributed by atoms with Crippen molar-refractivity contribution in [2.75, 3.05) is 30.8 Å². The fourth-order valence-corrected chi connectivity index (χ4v) is 2.50. The first-order chi connectivity index (χ1) is 8.02. The highest BCUT2D eigenvalue weighted by Crippen LogP contribution is 2.31. The number of nitrogens with two attached hydrogens (primary N) is 1. The Hall–Kier alpha value is -1.34. The van der Waals surface area contributed by atoms with Crippen molar-refractivity contribution in [1.29, 1.82) is 0 Å². The number of nitrogens with zero attached hydrogens (tertiary/aromatic N) is 2. The molecule has 6 nitrogen and oxygen atoms in total. The van der Waals surface area contributed by atoms with E-state index in [1.54, 1.807) is 7.05 Å². The summed E-state index contributed by atoms with van der Waals surface area (Å²) in [6.07, 6.45) is 0. The van der Waals surface area contributed by atoms with Crippen LogP contribution in [0.1, 0.15) is 24.2 Å². The monoisotopic (exact) mass is 258 g/mol. The van der Waals surface area contributed by atoms with E-state index in [4.69, 9.17) is 10.8 Å². The van der Waals surface area contributed by atoms with Crippen molar-refractivity contribution in [2.45, 2.75) is 19.9 Å². The molecule has 7 heteroatoms. The average molecular weight is 258 g/mol. The van der Waals surface area contributed by atoms with Gasteiger partial charge in [-0.05, 0) is 25.4 Å². The summed E-state index contributed by atoms with van der Waals surface area (Å²) < 4.78 is 4.01. The van der Waals surface area contributed by atoms with Crippen LogP contribution in [0.25, 0.3) is 0 Å². The largest absolute Gasteiger partial charge is 0.395 e. The second kappa shape index (κ2) is 5.83. The average Bonchev–Trinajstić information content (AvgIpc) is 2.66. The minimum atomic E-state index is -0.255. The van der Waals surface area contributed by atoms with Crippen molar-refractivity contribution >= 4 is 28.3 Å². The van der Waals surface area contributed by atoms with Crippen LogP contribution >= 0.6 is 11.5 Å². The van der Waals surface area contributed by atoms with Crippen LogP contribution in [-0.4, -0.2) is 41.6 Å². The number of hydrogen-bond donors (Lipinski definition) is 3. The van der Waals surface area contributed by atoms with Gasteiger partial charge in [-0.25, -0.2) is 0 Å². The minimum absolute atomic E-state index is 0.0170. The van der Waals surface area contributed by atoms with Gasteiger partial charge >= 0.3 is 0 Å². The van der Waals surface area contributed by atoms with Crippen molar-refractivity contribution in [3.8, 4) is 0 Å². The van der Waals surface area contributed by atoms with E-state index in [-0.39, 0.29) is 24.4 Å². The Balaban J connectivity index is 3.15. The fourth-order valence-electron chi connectivity index (χ4n) is 1.53. The third-order valence-electron chi connectivity index (χ3n) is 2.38. The zero-order chi connectivity index (χ0) is 13.0. The molecule has 0 saturated carbocycles. The van der Waals surface area contributed by atoms with E-state index in [9.17, 15) is 4.79 Å². The number of aliphatic hydroxyl groups is 1. The second-order valence-electron chi connectivity index (χ2n) is 3.84. The number of anilines is 2. The van der Waals surface area contributed by atoms with Crippen LogP contribution in [0.2, 0.25) is 0 Å². The van der Waals surface area contributed by atoms with Crippen LogP contribution in [0.3, 0.4) is 0 Å². The minimum Gasteiger partial charge on any atom is -0.395 e. The normalized spacial score (nSPS) is 10.6. The highest BCUT2D eigenvalue weighted by Gasteiger charge is 2.23. The summed E-state index contributed by atoms with van der Waals surface area (Å²) in [4.78, 5) is 13.6. The standard InChI is InChI=1S/C10H18N4O2S/c1-6(2)14(4-5-15)10-7(9(16)12-3)8(11)13-17-10/h6,15H,4-5H2,1-3H3,(H2,11,13)(H,12,16). The lowest BCUT2D eigenvalue weighted by Crippen LogP contribution is -2.34. The van der Waals surface area contributed by atoms with Crippen LogP contribution in [0.5, 0.6) is 0 Å². The summed E-state index contributed by atoms with van der Waals surface area (Å²) in [5.74, 6) is -0.0252. The Bertz CT molecular complexity index is 392. The molecular weight excluding hydrogens is 240 g/mol. The molecule has 0 saturated heterocycles. The van der Waals surface area contributed by atoms with Gasteiger partial charge in [-0.1, -0.05) is 0 Å². The third kappa shape index (κ3) is 2.86. The van der Waals surface area contributed by atoms with Gasteiger partial charge in [-0.3, -0.25) is 4.79 Å². The van der Waals surface area contributed by atoms with Gasteiger partial charge in [0.15, 0.2) is 5.82 Å². The Morgan fingerprint density at radius 3 is 2.76 bits per heavy atom. The molecule has 1 amide bonds. The number of aromatic nitrogens is 1. The van der Waals surface area contributed by atoms with Crippen molar-refractivity contribution in [3.63, 3.8) is 0 Å². The number of carbonyl (C=O) groups excluding carboxylic acids is 1. The topological polar surface area (TPSA) is 91.5 Å². The molecule has 0 spiro atoms. The molecule has 17 heavy (non-hydrogen) atoms. The Morgan fingerprint density at radius 2 is 2.29 bits per heavy atom. The summed E-state index contributed by atoms with van der Waals surface area (Å²) in [7, 11) is 1.55. The molecule has 0 aromatic carbocycles. The molecular formula is C10H18N4O2S. The number of nitrogens with one attached hydrogen (secondary N) is 1. The van der Waals surface area contributed by atoms with E-state index in [0.29, 0.717) is 17.1 Å². The van der Waals surface area contributed by atoms with E-state index in [2.05, 4.69) is 9.69 Å². The quantitative estimate of drug-likeness (QED) is 0.706. The molecule has 96 valence electrons. The van der Waals surface area contributed by atoms with Crippen LogP contribution in [0, 0.1) is 0 Å². The van der Waals surface area contributed by atoms with Gasteiger partial charge < -0.3 is 21.1 Å². The number of hydrogen-bond acceptors (Lipinski definition) is 6. The lowest BCUT2D eigenvalue weighted by atomic mass is 10.2. The highest BCUT2D eigenvalue weighted by atomic mass is 32.1. The van der Waals surface area contributed by atoms with Crippen molar-refractivity contribution in [3.05, 3.63) is 5.56 Å². The maximum absolute atomic E-state index is 11.7. The number of nitrogen functional groups attached to an aromatic ring is 1. The molecule has 4 N–H and O–H groups in total. The predicted octanol–water partition coefficient (Wildman–Crippen LogP) is 0.292. The first-order valence-corrected chi connectivity index (χ1v) is 6.15.